The molecule has 1 rings (SSSR count). The van der Waals surface area contributed by atoms with Crippen LogP contribution in [0.4, 0.5) is 5.69 Å². The zero-order valence-corrected chi connectivity index (χ0v) is 9.15. The minimum Gasteiger partial charge on any atom is -0.425 e. The van der Waals surface area contributed by atoms with E-state index < -0.39 is 5.97 Å². The SMILES string of the molecule is COCC(=O)Oc1cccc(NC(C)=O)c1. The summed E-state index contributed by atoms with van der Waals surface area (Å²) in [6.45, 7) is 1.30. The minimum atomic E-state index is -0.484. The Balaban J connectivity index is 2.67. The molecule has 0 unspecified atom stereocenters. The van der Waals surface area contributed by atoms with Gasteiger partial charge in [0.1, 0.15) is 12.4 Å². The first-order chi connectivity index (χ1) is 7.61. The molecule has 5 heteroatoms. The number of benzene rings is 1. The Morgan fingerprint density at radius 2 is 2.12 bits per heavy atom. The van der Waals surface area contributed by atoms with E-state index in [2.05, 4.69) is 10.1 Å². The number of hydrogen-bond donors (Lipinski definition) is 1. The van der Waals surface area contributed by atoms with Gasteiger partial charge in [0.15, 0.2) is 0 Å². The molecule has 16 heavy (non-hydrogen) atoms. The van der Waals surface area contributed by atoms with Crippen molar-refractivity contribution in [2.75, 3.05) is 19.0 Å². The van der Waals surface area contributed by atoms with E-state index in [1.807, 2.05) is 0 Å². The number of methoxy groups -OCH3 is 1. The number of rotatable bonds is 4. The van der Waals surface area contributed by atoms with Crippen molar-refractivity contribution < 1.29 is 19.1 Å². The van der Waals surface area contributed by atoms with Gasteiger partial charge in [0.05, 0.1) is 0 Å². The Kier molecular flexibility index (Phi) is 4.47. The molecular formula is C11H13NO4. The van der Waals surface area contributed by atoms with Crippen LogP contribution in [0.3, 0.4) is 0 Å². The van der Waals surface area contributed by atoms with Crippen LogP contribution in [0, 0.1) is 0 Å². The molecule has 0 aliphatic rings. The molecule has 5 nitrogen and oxygen atoms in total. The highest BCUT2D eigenvalue weighted by Crippen LogP contribution is 2.17. The third-order valence-corrected chi connectivity index (χ3v) is 1.65. The standard InChI is InChI=1S/C11H13NO4/c1-8(13)12-9-4-3-5-10(6-9)16-11(14)7-15-2/h3-6H,7H2,1-2H3,(H,12,13). The average Bonchev–Trinajstić information content (AvgIpc) is 2.17. The highest BCUT2D eigenvalue weighted by molar-refractivity contribution is 5.89. The third kappa shape index (κ3) is 4.10. The predicted octanol–water partition coefficient (Wildman–Crippen LogP) is 1.20. The first-order valence-electron chi connectivity index (χ1n) is 4.69. The highest BCUT2D eigenvalue weighted by Gasteiger charge is 2.04. The van der Waals surface area contributed by atoms with Gasteiger partial charge in [-0.1, -0.05) is 6.07 Å². The molecule has 0 saturated heterocycles. The Hall–Kier alpha value is -1.88. The van der Waals surface area contributed by atoms with Crippen molar-refractivity contribution in [1.82, 2.24) is 0 Å². The summed E-state index contributed by atoms with van der Waals surface area (Å²) >= 11 is 0. The van der Waals surface area contributed by atoms with Crippen LogP contribution in [0.5, 0.6) is 5.75 Å². The molecule has 0 radical (unpaired) electrons. The second-order valence-electron chi connectivity index (χ2n) is 3.12. The van der Waals surface area contributed by atoms with E-state index in [1.54, 1.807) is 24.3 Å². The zero-order valence-electron chi connectivity index (χ0n) is 9.15. The molecule has 0 spiro atoms. The van der Waals surface area contributed by atoms with Crippen molar-refractivity contribution in [3.63, 3.8) is 0 Å². The average molecular weight is 223 g/mol. The number of amides is 1. The molecule has 0 fully saturated rings. The van der Waals surface area contributed by atoms with E-state index in [1.165, 1.54) is 14.0 Å². The lowest BCUT2D eigenvalue weighted by atomic mass is 10.3. The molecule has 0 aliphatic carbocycles. The largest absolute Gasteiger partial charge is 0.425 e. The van der Waals surface area contributed by atoms with Crippen molar-refractivity contribution in [1.29, 1.82) is 0 Å². The number of esters is 1. The summed E-state index contributed by atoms with van der Waals surface area (Å²) in [6, 6.07) is 6.57. The summed E-state index contributed by atoms with van der Waals surface area (Å²) in [6.07, 6.45) is 0. The summed E-state index contributed by atoms with van der Waals surface area (Å²) < 4.78 is 9.59. The topological polar surface area (TPSA) is 64.6 Å². The normalized spacial score (nSPS) is 9.62. The van der Waals surface area contributed by atoms with Crippen LogP contribution in [0.25, 0.3) is 0 Å². The fraction of sp³-hybridized carbons (Fsp3) is 0.273. The van der Waals surface area contributed by atoms with Crippen molar-refractivity contribution in [2.24, 2.45) is 0 Å². The maximum Gasteiger partial charge on any atom is 0.337 e. The van der Waals surface area contributed by atoms with Crippen molar-refractivity contribution in [3.05, 3.63) is 24.3 Å². The lowest BCUT2D eigenvalue weighted by Crippen LogP contribution is -2.14. The fourth-order valence-corrected chi connectivity index (χ4v) is 1.12. The molecule has 0 atom stereocenters. The van der Waals surface area contributed by atoms with Crippen molar-refractivity contribution >= 4 is 17.6 Å². The van der Waals surface area contributed by atoms with Gasteiger partial charge in [0, 0.05) is 25.8 Å². The first kappa shape index (κ1) is 12.2. The van der Waals surface area contributed by atoms with Crippen LogP contribution in [0.2, 0.25) is 0 Å². The van der Waals surface area contributed by atoms with Gasteiger partial charge in [-0.05, 0) is 12.1 Å². The fourth-order valence-electron chi connectivity index (χ4n) is 1.12. The first-order valence-corrected chi connectivity index (χ1v) is 4.69. The third-order valence-electron chi connectivity index (χ3n) is 1.65. The minimum absolute atomic E-state index is 0.107. The summed E-state index contributed by atoms with van der Waals surface area (Å²) in [5, 5.41) is 2.59. The smallest absolute Gasteiger partial charge is 0.337 e. The molecule has 1 aromatic rings. The van der Waals surface area contributed by atoms with E-state index >= 15 is 0 Å². The Labute approximate surface area is 93.4 Å². The summed E-state index contributed by atoms with van der Waals surface area (Å²) in [4.78, 5) is 21.9. The van der Waals surface area contributed by atoms with Gasteiger partial charge in [-0.2, -0.15) is 0 Å². The Morgan fingerprint density at radius 3 is 2.75 bits per heavy atom. The van der Waals surface area contributed by atoms with Gasteiger partial charge in [-0.15, -0.1) is 0 Å². The molecule has 1 aromatic carbocycles. The second kappa shape index (κ2) is 5.87. The van der Waals surface area contributed by atoms with Gasteiger partial charge in [0.2, 0.25) is 5.91 Å². The predicted molar refractivity (Wildman–Crippen MR) is 58.3 cm³/mol. The summed E-state index contributed by atoms with van der Waals surface area (Å²) in [5.41, 5.74) is 0.579. The number of carbonyl (C=O) groups is 2. The van der Waals surface area contributed by atoms with Crippen LogP contribution in [-0.4, -0.2) is 25.6 Å². The molecule has 0 aliphatic heterocycles. The number of ether oxygens (including phenoxy) is 2. The van der Waals surface area contributed by atoms with E-state index in [-0.39, 0.29) is 12.5 Å². The quantitative estimate of drug-likeness (QED) is 0.615. The Bertz CT molecular complexity index is 389. The van der Waals surface area contributed by atoms with Crippen molar-refractivity contribution in [2.45, 2.75) is 6.92 Å². The number of nitrogens with one attached hydrogen (secondary N) is 1. The molecule has 0 heterocycles. The molecule has 0 bridgehead atoms. The molecule has 1 N–H and O–H groups in total. The maximum absolute atomic E-state index is 11.1. The lowest BCUT2D eigenvalue weighted by molar-refractivity contribution is -0.138. The van der Waals surface area contributed by atoms with Crippen molar-refractivity contribution in [3.8, 4) is 5.75 Å². The number of hydrogen-bond acceptors (Lipinski definition) is 4. The van der Waals surface area contributed by atoms with Gasteiger partial charge < -0.3 is 14.8 Å². The monoisotopic (exact) mass is 223 g/mol. The zero-order chi connectivity index (χ0) is 12.0. The summed E-state index contributed by atoms with van der Waals surface area (Å²) in [5.74, 6) is -0.295. The van der Waals surface area contributed by atoms with Gasteiger partial charge >= 0.3 is 5.97 Å². The van der Waals surface area contributed by atoms with Gasteiger partial charge in [-0.3, -0.25) is 4.79 Å². The number of carbonyl (C=O) groups excluding carboxylic acids is 2. The van der Waals surface area contributed by atoms with Crippen LogP contribution < -0.4 is 10.1 Å². The van der Waals surface area contributed by atoms with E-state index in [0.29, 0.717) is 11.4 Å². The second-order valence-corrected chi connectivity index (χ2v) is 3.12. The number of anilines is 1. The molecule has 0 aromatic heterocycles. The molecule has 86 valence electrons. The molecule has 0 saturated carbocycles. The van der Waals surface area contributed by atoms with E-state index in [4.69, 9.17) is 4.74 Å². The summed E-state index contributed by atoms with van der Waals surface area (Å²) in [7, 11) is 1.41. The van der Waals surface area contributed by atoms with Crippen LogP contribution in [-0.2, 0) is 14.3 Å². The lowest BCUT2D eigenvalue weighted by Gasteiger charge is -2.06. The van der Waals surface area contributed by atoms with Gasteiger partial charge in [-0.25, -0.2) is 4.79 Å². The van der Waals surface area contributed by atoms with Crippen LogP contribution >= 0.6 is 0 Å². The molecule has 1 amide bonds. The van der Waals surface area contributed by atoms with Crippen LogP contribution in [0.15, 0.2) is 24.3 Å². The molecular weight excluding hydrogens is 210 g/mol. The van der Waals surface area contributed by atoms with E-state index in [0.717, 1.165) is 0 Å². The van der Waals surface area contributed by atoms with E-state index in [9.17, 15) is 9.59 Å². The van der Waals surface area contributed by atoms with Gasteiger partial charge in [0.25, 0.3) is 0 Å². The van der Waals surface area contributed by atoms with Crippen LogP contribution in [0.1, 0.15) is 6.92 Å². The Morgan fingerprint density at radius 1 is 1.38 bits per heavy atom. The highest BCUT2D eigenvalue weighted by atomic mass is 16.6. The maximum atomic E-state index is 11.1.